The lowest BCUT2D eigenvalue weighted by atomic mass is 10.0. The summed E-state index contributed by atoms with van der Waals surface area (Å²) < 4.78 is 0. The minimum absolute atomic E-state index is 0.948. The van der Waals surface area contributed by atoms with Crippen molar-refractivity contribution in [3.63, 3.8) is 0 Å². The van der Waals surface area contributed by atoms with E-state index in [0.717, 1.165) is 6.54 Å². The fraction of sp³-hybridized carbons (Fsp3) is 0.300. The molecular formula is C10H11N. The van der Waals surface area contributed by atoms with Crippen molar-refractivity contribution in [3.05, 3.63) is 34.9 Å². The summed E-state index contributed by atoms with van der Waals surface area (Å²) in [5.41, 5.74) is 5.27. The first-order valence-electron chi connectivity index (χ1n) is 3.88. The maximum Gasteiger partial charge on any atom is 0.0817 e. The van der Waals surface area contributed by atoms with Crippen LogP contribution in [0, 0.1) is 13.8 Å². The molecule has 1 aliphatic rings. The Labute approximate surface area is 66.8 Å². The highest BCUT2D eigenvalue weighted by Gasteiger charge is 2.13. The Bertz CT molecular complexity index is 324. The summed E-state index contributed by atoms with van der Waals surface area (Å²) in [7, 11) is 0. The van der Waals surface area contributed by atoms with E-state index in [4.69, 9.17) is 0 Å². The second-order valence-corrected chi connectivity index (χ2v) is 3.08. The molecular weight excluding hydrogens is 134 g/mol. The highest BCUT2D eigenvalue weighted by Crippen LogP contribution is 2.16. The number of nitrogens with zero attached hydrogens (tertiary/aromatic N) is 1. The standard InChI is InChI=1S/C10H11N/c1-7-3-4-9(8(2)5-7)10-6-11-10/h3-5H,6H2,1-2H3. The summed E-state index contributed by atoms with van der Waals surface area (Å²) in [5.74, 6) is 0. The van der Waals surface area contributed by atoms with Crippen LogP contribution in [-0.4, -0.2) is 12.3 Å². The van der Waals surface area contributed by atoms with Gasteiger partial charge in [-0.3, -0.25) is 4.99 Å². The molecule has 0 aliphatic carbocycles. The van der Waals surface area contributed by atoms with E-state index >= 15 is 0 Å². The van der Waals surface area contributed by atoms with E-state index in [1.54, 1.807) is 0 Å². The third-order valence-corrected chi connectivity index (χ3v) is 2.01. The maximum absolute atomic E-state index is 4.18. The van der Waals surface area contributed by atoms with Crippen molar-refractivity contribution in [2.75, 3.05) is 6.54 Å². The SMILES string of the molecule is Cc1ccc(C2=NC2)c(C)c1. The van der Waals surface area contributed by atoms with Crippen LogP contribution in [0.2, 0.25) is 0 Å². The molecule has 1 aromatic carbocycles. The van der Waals surface area contributed by atoms with Crippen LogP contribution in [0.25, 0.3) is 0 Å². The lowest BCUT2D eigenvalue weighted by Crippen LogP contribution is -1.91. The average Bonchev–Trinajstić information content (AvgIpc) is 2.70. The first kappa shape index (κ1) is 6.59. The molecule has 0 aromatic heterocycles. The van der Waals surface area contributed by atoms with E-state index in [1.165, 1.54) is 22.4 Å². The third kappa shape index (κ3) is 1.18. The Balaban J connectivity index is 2.48. The van der Waals surface area contributed by atoms with E-state index in [9.17, 15) is 0 Å². The number of benzene rings is 1. The third-order valence-electron chi connectivity index (χ3n) is 2.01. The monoisotopic (exact) mass is 145 g/mol. The molecule has 0 amide bonds. The van der Waals surface area contributed by atoms with Crippen molar-refractivity contribution in [3.8, 4) is 0 Å². The van der Waals surface area contributed by atoms with Gasteiger partial charge >= 0.3 is 0 Å². The molecule has 0 fully saturated rings. The quantitative estimate of drug-likeness (QED) is 0.574. The number of hydrogen-bond donors (Lipinski definition) is 0. The van der Waals surface area contributed by atoms with Gasteiger partial charge < -0.3 is 0 Å². The highest BCUT2D eigenvalue weighted by molar-refractivity contribution is 6.11. The maximum atomic E-state index is 4.18. The fourth-order valence-electron chi connectivity index (χ4n) is 1.35. The van der Waals surface area contributed by atoms with Crippen molar-refractivity contribution in [2.24, 2.45) is 4.99 Å². The molecule has 1 heteroatoms. The second kappa shape index (κ2) is 2.19. The lowest BCUT2D eigenvalue weighted by molar-refractivity contribution is 1.37. The van der Waals surface area contributed by atoms with Crippen LogP contribution < -0.4 is 0 Å². The summed E-state index contributed by atoms with van der Waals surface area (Å²) in [5, 5.41) is 0. The Morgan fingerprint density at radius 3 is 2.55 bits per heavy atom. The van der Waals surface area contributed by atoms with Gasteiger partial charge in [0.1, 0.15) is 0 Å². The van der Waals surface area contributed by atoms with E-state index in [2.05, 4.69) is 37.0 Å². The summed E-state index contributed by atoms with van der Waals surface area (Å²) in [6.45, 7) is 5.21. The minimum atomic E-state index is 0.948. The minimum Gasteiger partial charge on any atom is -0.281 e. The first-order valence-corrected chi connectivity index (χ1v) is 3.88. The summed E-state index contributed by atoms with van der Waals surface area (Å²) in [6.07, 6.45) is 0. The molecule has 1 aliphatic heterocycles. The zero-order valence-corrected chi connectivity index (χ0v) is 6.89. The molecule has 0 saturated carbocycles. The van der Waals surface area contributed by atoms with E-state index in [-0.39, 0.29) is 0 Å². The number of rotatable bonds is 1. The second-order valence-electron chi connectivity index (χ2n) is 3.08. The van der Waals surface area contributed by atoms with Gasteiger partial charge in [-0.2, -0.15) is 0 Å². The van der Waals surface area contributed by atoms with Gasteiger partial charge in [0.05, 0.1) is 12.3 Å². The Morgan fingerprint density at radius 1 is 1.27 bits per heavy atom. The van der Waals surface area contributed by atoms with Crippen LogP contribution in [0.3, 0.4) is 0 Å². The molecule has 0 bridgehead atoms. The molecule has 0 N–H and O–H groups in total. The van der Waals surface area contributed by atoms with Crippen LogP contribution in [0.15, 0.2) is 23.2 Å². The summed E-state index contributed by atoms with van der Waals surface area (Å²) in [4.78, 5) is 4.18. The number of hydrogen-bond acceptors (Lipinski definition) is 1. The Morgan fingerprint density at radius 2 is 2.00 bits per heavy atom. The zero-order chi connectivity index (χ0) is 7.84. The Kier molecular flexibility index (Phi) is 1.31. The van der Waals surface area contributed by atoms with Gasteiger partial charge in [0.25, 0.3) is 0 Å². The molecule has 0 radical (unpaired) electrons. The average molecular weight is 145 g/mol. The van der Waals surface area contributed by atoms with Gasteiger partial charge in [-0.25, -0.2) is 0 Å². The summed E-state index contributed by atoms with van der Waals surface area (Å²) in [6, 6.07) is 6.51. The molecule has 1 aromatic rings. The van der Waals surface area contributed by atoms with Crippen LogP contribution in [0.5, 0.6) is 0 Å². The van der Waals surface area contributed by atoms with Crippen molar-refractivity contribution in [1.29, 1.82) is 0 Å². The predicted octanol–water partition coefficient (Wildman–Crippen LogP) is 2.11. The van der Waals surface area contributed by atoms with E-state index in [0.29, 0.717) is 0 Å². The van der Waals surface area contributed by atoms with Crippen LogP contribution in [0.1, 0.15) is 16.7 Å². The van der Waals surface area contributed by atoms with Crippen molar-refractivity contribution in [1.82, 2.24) is 0 Å². The van der Waals surface area contributed by atoms with Crippen molar-refractivity contribution < 1.29 is 0 Å². The molecule has 56 valence electrons. The van der Waals surface area contributed by atoms with E-state index < -0.39 is 0 Å². The van der Waals surface area contributed by atoms with Gasteiger partial charge in [0.15, 0.2) is 0 Å². The molecule has 11 heavy (non-hydrogen) atoms. The largest absolute Gasteiger partial charge is 0.281 e. The molecule has 0 spiro atoms. The molecule has 0 saturated heterocycles. The van der Waals surface area contributed by atoms with E-state index in [1.807, 2.05) is 0 Å². The Hall–Kier alpha value is -1.11. The van der Waals surface area contributed by atoms with Crippen molar-refractivity contribution >= 4 is 5.71 Å². The smallest absolute Gasteiger partial charge is 0.0817 e. The van der Waals surface area contributed by atoms with Gasteiger partial charge in [-0.1, -0.05) is 23.8 Å². The number of aryl methyl sites for hydroxylation is 2. The van der Waals surface area contributed by atoms with Gasteiger partial charge in [-0.15, -0.1) is 0 Å². The van der Waals surface area contributed by atoms with Crippen LogP contribution in [0.4, 0.5) is 0 Å². The molecule has 0 atom stereocenters. The predicted molar refractivity (Wildman–Crippen MR) is 47.3 cm³/mol. The topological polar surface area (TPSA) is 12.4 Å². The number of aliphatic imine (C=N–C) groups is 1. The van der Waals surface area contributed by atoms with Gasteiger partial charge in [0, 0.05) is 5.56 Å². The van der Waals surface area contributed by atoms with Crippen LogP contribution in [-0.2, 0) is 0 Å². The summed E-state index contributed by atoms with van der Waals surface area (Å²) >= 11 is 0. The van der Waals surface area contributed by atoms with Crippen molar-refractivity contribution in [2.45, 2.75) is 13.8 Å². The normalized spacial score (nSPS) is 14.5. The molecule has 1 nitrogen and oxygen atoms in total. The first-order chi connectivity index (χ1) is 5.27. The molecule has 0 unspecified atom stereocenters. The lowest BCUT2D eigenvalue weighted by Gasteiger charge is -2.00. The molecule has 1 heterocycles. The zero-order valence-electron chi connectivity index (χ0n) is 6.89. The fourth-order valence-corrected chi connectivity index (χ4v) is 1.35. The highest BCUT2D eigenvalue weighted by atomic mass is 14.9. The van der Waals surface area contributed by atoms with Crippen LogP contribution >= 0.6 is 0 Å². The van der Waals surface area contributed by atoms with Gasteiger partial charge in [0.2, 0.25) is 0 Å². The van der Waals surface area contributed by atoms with Gasteiger partial charge in [-0.05, 0) is 19.4 Å². The molecule has 2 rings (SSSR count).